The Hall–Kier alpha value is -1.77. The molecule has 0 saturated carbocycles. The molecule has 0 radical (unpaired) electrons. The van der Waals surface area contributed by atoms with Gasteiger partial charge in [0.2, 0.25) is 5.91 Å². The number of amides is 1. The van der Waals surface area contributed by atoms with E-state index in [4.69, 9.17) is 0 Å². The lowest BCUT2D eigenvalue weighted by atomic mass is 10.0. The van der Waals surface area contributed by atoms with Crippen molar-refractivity contribution in [1.82, 2.24) is 4.90 Å². The van der Waals surface area contributed by atoms with E-state index in [1.54, 1.807) is 0 Å². The van der Waals surface area contributed by atoms with Crippen LogP contribution in [0.3, 0.4) is 0 Å². The number of carbonyl (C=O) groups excluding carboxylic acids is 1. The maximum atomic E-state index is 13.6. The maximum absolute atomic E-state index is 13.6. The number of fused-ring (bicyclic) bond motifs is 1. The number of hydrogen-bond donors (Lipinski definition) is 1. The first kappa shape index (κ1) is 17.6. The number of benzene rings is 1. The lowest BCUT2D eigenvalue weighted by molar-refractivity contribution is -0.188. The topological polar surface area (TPSA) is 32.3 Å². The van der Waals surface area contributed by atoms with Gasteiger partial charge in [0.15, 0.2) is 6.17 Å². The average Bonchev–Trinajstić information content (AvgIpc) is 2.60. The lowest BCUT2D eigenvalue weighted by Gasteiger charge is -2.32. The maximum Gasteiger partial charge on any atom is 0.408 e. The van der Waals surface area contributed by atoms with Crippen molar-refractivity contribution in [2.45, 2.75) is 24.6 Å². The molecule has 128 valence electrons. The van der Waals surface area contributed by atoms with Gasteiger partial charge in [-0.1, -0.05) is 18.2 Å². The Morgan fingerprint density at radius 2 is 1.87 bits per heavy atom. The average molecular weight is 340 g/mol. The molecule has 1 aliphatic rings. The van der Waals surface area contributed by atoms with Crippen LogP contribution in [0.15, 0.2) is 24.3 Å². The molecular weight excluding hydrogens is 326 g/mol. The van der Waals surface area contributed by atoms with E-state index in [2.05, 4.69) is 5.32 Å². The lowest BCUT2D eigenvalue weighted by Crippen LogP contribution is -2.45. The van der Waals surface area contributed by atoms with E-state index in [1.807, 2.05) is 0 Å². The van der Waals surface area contributed by atoms with E-state index in [0.29, 0.717) is 4.90 Å². The third-order valence-electron chi connectivity index (χ3n) is 3.50. The van der Waals surface area contributed by atoms with Gasteiger partial charge >= 0.3 is 6.18 Å². The molecule has 3 atom stereocenters. The molecule has 3 unspecified atom stereocenters. The van der Waals surface area contributed by atoms with Gasteiger partial charge in [-0.05, 0) is 6.07 Å². The molecule has 9 heteroatoms. The standard InChI is InChI=1S/C14H14F6N2O/c15-5-9(16)10(17)6-22-7-12(23)21-11-4-2-1-3-8(11)13(22)14(18,19)20/h1-4,9-10,13H,5-7H2,(H,21,23). The summed E-state index contributed by atoms with van der Waals surface area (Å²) in [6.07, 6.45) is -9.82. The largest absolute Gasteiger partial charge is 0.408 e. The number of hydrogen-bond acceptors (Lipinski definition) is 2. The molecule has 0 saturated heterocycles. The molecule has 2 rings (SSSR count). The minimum Gasteiger partial charge on any atom is -0.325 e. The number of carbonyl (C=O) groups is 1. The van der Waals surface area contributed by atoms with Crippen LogP contribution in [0.1, 0.15) is 11.6 Å². The summed E-state index contributed by atoms with van der Waals surface area (Å²) in [6.45, 7) is -3.47. The summed E-state index contributed by atoms with van der Waals surface area (Å²) < 4.78 is 79.2. The Bertz CT molecular complexity index is 564. The highest BCUT2D eigenvalue weighted by molar-refractivity contribution is 5.94. The summed E-state index contributed by atoms with van der Waals surface area (Å²) in [4.78, 5) is 12.2. The first-order valence-corrected chi connectivity index (χ1v) is 6.77. The van der Waals surface area contributed by atoms with Crippen LogP contribution in [0, 0.1) is 0 Å². The van der Waals surface area contributed by atoms with Gasteiger partial charge in [0.1, 0.15) is 18.9 Å². The smallest absolute Gasteiger partial charge is 0.325 e. The number of anilines is 1. The number of alkyl halides is 6. The second kappa shape index (κ2) is 6.77. The summed E-state index contributed by atoms with van der Waals surface area (Å²) in [7, 11) is 0. The van der Waals surface area contributed by atoms with Crippen LogP contribution in [0.4, 0.5) is 32.0 Å². The van der Waals surface area contributed by atoms with Crippen LogP contribution < -0.4 is 5.32 Å². The predicted molar refractivity (Wildman–Crippen MR) is 71.2 cm³/mol. The highest BCUT2D eigenvalue weighted by Crippen LogP contribution is 2.42. The van der Waals surface area contributed by atoms with Crippen molar-refractivity contribution in [2.24, 2.45) is 0 Å². The van der Waals surface area contributed by atoms with Crippen molar-refractivity contribution in [1.29, 1.82) is 0 Å². The molecule has 0 fully saturated rings. The summed E-state index contributed by atoms with van der Waals surface area (Å²) in [6, 6.07) is 2.95. The second-order valence-electron chi connectivity index (χ2n) is 5.20. The first-order valence-electron chi connectivity index (χ1n) is 6.77. The fourth-order valence-electron chi connectivity index (χ4n) is 2.50. The minimum absolute atomic E-state index is 0.0416. The molecule has 0 aliphatic carbocycles. The molecule has 0 spiro atoms. The molecule has 3 nitrogen and oxygen atoms in total. The highest BCUT2D eigenvalue weighted by atomic mass is 19.4. The normalized spacial score (nSPS) is 22.0. The zero-order chi connectivity index (χ0) is 17.2. The van der Waals surface area contributed by atoms with E-state index in [1.165, 1.54) is 18.2 Å². The zero-order valence-corrected chi connectivity index (χ0v) is 11.8. The Morgan fingerprint density at radius 3 is 2.48 bits per heavy atom. The van der Waals surface area contributed by atoms with Gasteiger partial charge in [0.05, 0.1) is 6.54 Å². The second-order valence-corrected chi connectivity index (χ2v) is 5.20. The van der Waals surface area contributed by atoms with Crippen LogP contribution in [-0.2, 0) is 4.79 Å². The van der Waals surface area contributed by atoms with Gasteiger partial charge in [0.25, 0.3) is 0 Å². The Labute approximate surface area is 128 Å². The third kappa shape index (κ3) is 3.95. The third-order valence-corrected chi connectivity index (χ3v) is 3.50. The summed E-state index contributed by atoms with van der Waals surface area (Å²) >= 11 is 0. The molecule has 1 aromatic rings. The van der Waals surface area contributed by atoms with Gasteiger partial charge in [0, 0.05) is 17.8 Å². The van der Waals surface area contributed by atoms with Crippen LogP contribution >= 0.6 is 0 Å². The van der Waals surface area contributed by atoms with Crippen molar-refractivity contribution >= 4 is 11.6 Å². The Morgan fingerprint density at radius 1 is 1.22 bits per heavy atom. The molecule has 1 heterocycles. The van der Waals surface area contributed by atoms with Crippen molar-refractivity contribution in [3.05, 3.63) is 29.8 Å². The fourth-order valence-corrected chi connectivity index (χ4v) is 2.50. The summed E-state index contributed by atoms with van der Waals surface area (Å²) in [5.74, 6) is -0.785. The van der Waals surface area contributed by atoms with Crippen LogP contribution in [-0.4, -0.2) is 49.1 Å². The van der Waals surface area contributed by atoms with Gasteiger partial charge in [-0.25, -0.2) is 13.2 Å². The van der Waals surface area contributed by atoms with Gasteiger partial charge in [-0.15, -0.1) is 0 Å². The predicted octanol–water partition coefficient (Wildman–Crippen LogP) is 3.19. The summed E-state index contributed by atoms with van der Waals surface area (Å²) in [5, 5.41) is 2.30. The first-order chi connectivity index (χ1) is 10.7. The Balaban J connectivity index is 2.40. The monoisotopic (exact) mass is 340 g/mol. The quantitative estimate of drug-likeness (QED) is 0.854. The number of nitrogens with one attached hydrogen (secondary N) is 1. The van der Waals surface area contributed by atoms with Crippen molar-refractivity contribution in [3.8, 4) is 0 Å². The summed E-state index contributed by atoms with van der Waals surface area (Å²) in [5.41, 5.74) is -0.311. The van der Waals surface area contributed by atoms with E-state index >= 15 is 0 Å². The van der Waals surface area contributed by atoms with E-state index in [0.717, 1.165) is 6.07 Å². The molecule has 1 aliphatic heterocycles. The van der Waals surface area contributed by atoms with E-state index in [9.17, 15) is 31.1 Å². The molecule has 0 aromatic heterocycles. The van der Waals surface area contributed by atoms with E-state index in [-0.39, 0.29) is 11.3 Å². The van der Waals surface area contributed by atoms with Crippen molar-refractivity contribution < 1.29 is 31.1 Å². The number of rotatable bonds is 4. The molecule has 1 N–H and O–H groups in total. The molecule has 23 heavy (non-hydrogen) atoms. The van der Waals surface area contributed by atoms with Crippen molar-refractivity contribution in [2.75, 3.05) is 25.1 Å². The van der Waals surface area contributed by atoms with Crippen LogP contribution in [0.5, 0.6) is 0 Å². The number of para-hydroxylation sites is 1. The van der Waals surface area contributed by atoms with Crippen LogP contribution in [0.2, 0.25) is 0 Å². The SMILES string of the molecule is O=C1CN(CC(F)C(F)CF)C(C(F)(F)F)c2ccccc2N1. The zero-order valence-electron chi connectivity index (χ0n) is 11.8. The van der Waals surface area contributed by atoms with Gasteiger partial charge in [-0.3, -0.25) is 9.69 Å². The van der Waals surface area contributed by atoms with Gasteiger partial charge < -0.3 is 5.32 Å². The minimum atomic E-state index is -4.82. The van der Waals surface area contributed by atoms with E-state index < -0.39 is 50.2 Å². The fraction of sp³-hybridized carbons (Fsp3) is 0.500. The Kier molecular flexibility index (Phi) is 5.18. The molecule has 1 aromatic carbocycles. The molecule has 0 bridgehead atoms. The van der Waals surface area contributed by atoms with Crippen molar-refractivity contribution in [3.63, 3.8) is 0 Å². The van der Waals surface area contributed by atoms with Gasteiger partial charge in [-0.2, -0.15) is 13.2 Å². The van der Waals surface area contributed by atoms with Crippen LogP contribution in [0.25, 0.3) is 0 Å². The molecular formula is C14H14F6N2O. The highest BCUT2D eigenvalue weighted by Gasteiger charge is 2.48. The number of halogens is 6. The molecule has 1 amide bonds. The number of nitrogens with zero attached hydrogens (tertiary/aromatic N) is 1.